The Morgan fingerprint density at radius 2 is 1.68 bits per heavy atom. The molecule has 0 radical (unpaired) electrons. The lowest BCUT2D eigenvalue weighted by atomic mass is 9.80. The van der Waals surface area contributed by atoms with Crippen LogP contribution in [0.15, 0.2) is 41.1 Å². The van der Waals surface area contributed by atoms with E-state index in [1.807, 2.05) is 12.1 Å². The van der Waals surface area contributed by atoms with E-state index in [0.717, 1.165) is 28.7 Å². The molecule has 1 heterocycles. The van der Waals surface area contributed by atoms with Crippen molar-refractivity contribution in [2.24, 2.45) is 0 Å². The van der Waals surface area contributed by atoms with Gasteiger partial charge in [0.15, 0.2) is 0 Å². The van der Waals surface area contributed by atoms with Gasteiger partial charge in [0.1, 0.15) is 11.6 Å². The summed E-state index contributed by atoms with van der Waals surface area (Å²) in [5.41, 5.74) is 1.11. The first-order chi connectivity index (χ1) is 8.97. The van der Waals surface area contributed by atoms with Gasteiger partial charge in [-0.15, -0.1) is 0 Å². The summed E-state index contributed by atoms with van der Waals surface area (Å²) in [4.78, 5) is 8.54. The molecule has 100 valence electrons. The SMILES string of the molecule is CC(C)(CCc1ncc(Br)cn1)c1ccc(F)cc1. The van der Waals surface area contributed by atoms with Gasteiger partial charge >= 0.3 is 0 Å². The molecule has 0 aliphatic carbocycles. The third-order valence-corrected chi connectivity index (χ3v) is 3.68. The predicted molar refractivity (Wildman–Crippen MR) is 77.5 cm³/mol. The van der Waals surface area contributed by atoms with Crippen molar-refractivity contribution in [3.05, 3.63) is 58.3 Å². The second-order valence-corrected chi connectivity index (χ2v) is 6.12. The van der Waals surface area contributed by atoms with Crippen LogP contribution in [0.2, 0.25) is 0 Å². The van der Waals surface area contributed by atoms with Crippen molar-refractivity contribution in [2.75, 3.05) is 0 Å². The molecule has 0 atom stereocenters. The Balaban J connectivity index is 2.04. The van der Waals surface area contributed by atoms with Crippen LogP contribution in [0.3, 0.4) is 0 Å². The predicted octanol–water partition coefficient (Wildman–Crippen LogP) is 4.29. The van der Waals surface area contributed by atoms with Crippen LogP contribution >= 0.6 is 15.9 Å². The van der Waals surface area contributed by atoms with Gasteiger partial charge in [-0.3, -0.25) is 0 Å². The van der Waals surface area contributed by atoms with Gasteiger partial charge in [-0.05, 0) is 45.5 Å². The number of hydrogen-bond acceptors (Lipinski definition) is 2. The maximum atomic E-state index is 12.9. The molecule has 0 saturated heterocycles. The summed E-state index contributed by atoms with van der Waals surface area (Å²) in [6, 6.07) is 6.70. The maximum absolute atomic E-state index is 12.9. The molecule has 0 spiro atoms. The Kier molecular flexibility index (Phi) is 4.30. The van der Waals surface area contributed by atoms with Crippen LogP contribution < -0.4 is 0 Å². The quantitative estimate of drug-likeness (QED) is 0.839. The van der Waals surface area contributed by atoms with Gasteiger partial charge in [-0.25, -0.2) is 14.4 Å². The fourth-order valence-electron chi connectivity index (χ4n) is 1.94. The summed E-state index contributed by atoms with van der Waals surface area (Å²) in [6.07, 6.45) is 5.23. The van der Waals surface area contributed by atoms with E-state index in [4.69, 9.17) is 0 Å². The number of hydrogen-bond donors (Lipinski definition) is 0. The molecule has 2 rings (SSSR count). The van der Waals surface area contributed by atoms with Gasteiger partial charge < -0.3 is 0 Å². The molecule has 0 unspecified atom stereocenters. The van der Waals surface area contributed by atoms with Crippen LogP contribution in [0.4, 0.5) is 4.39 Å². The van der Waals surface area contributed by atoms with Crippen LogP contribution in [0.25, 0.3) is 0 Å². The number of nitrogens with zero attached hydrogens (tertiary/aromatic N) is 2. The molecule has 2 aromatic rings. The highest BCUT2D eigenvalue weighted by molar-refractivity contribution is 9.10. The van der Waals surface area contributed by atoms with Gasteiger partial charge in [0.25, 0.3) is 0 Å². The molecule has 0 aliphatic heterocycles. The zero-order valence-electron chi connectivity index (χ0n) is 11.0. The highest BCUT2D eigenvalue weighted by Crippen LogP contribution is 2.28. The van der Waals surface area contributed by atoms with Crippen LogP contribution in [0.5, 0.6) is 0 Å². The van der Waals surface area contributed by atoms with Crippen molar-refractivity contribution in [2.45, 2.75) is 32.1 Å². The van der Waals surface area contributed by atoms with Gasteiger partial charge in [0, 0.05) is 18.8 Å². The standard InChI is InChI=1S/C15H16BrFN2/c1-15(2,11-3-5-13(17)6-4-11)8-7-14-18-9-12(16)10-19-14/h3-6,9-10H,7-8H2,1-2H3. The summed E-state index contributed by atoms with van der Waals surface area (Å²) in [5, 5.41) is 0. The summed E-state index contributed by atoms with van der Waals surface area (Å²) in [5.74, 6) is 0.633. The second-order valence-electron chi connectivity index (χ2n) is 5.21. The summed E-state index contributed by atoms with van der Waals surface area (Å²) < 4.78 is 13.8. The van der Waals surface area contributed by atoms with Crippen LogP contribution in [-0.2, 0) is 11.8 Å². The van der Waals surface area contributed by atoms with Gasteiger partial charge in [-0.2, -0.15) is 0 Å². The fourth-order valence-corrected chi connectivity index (χ4v) is 2.14. The van der Waals surface area contributed by atoms with E-state index in [1.54, 1.807) is 12.4 Å². The van der Waals surface area contributed by atoms with E-state index < -0.39 is 0 Å². The average molecular weight is 323 g/mol. The molecule has 0 N–H and O–H groups in total. The lowest BCUT2D eigenvalue weighted by Gasteiger charge is -2.25. The van der Waals surface area contributed by atoms with Gasteiger partial charge in [0.2, 0.25) is 0 Å². The Labute approximate surface area is 121 Å². The molecular formula is C15H16BrFN2. The number of aromatic nitrogens is 2. The molecule has 4 heteroatoms. The summed E-state index contributed by atoms with van der Waals surface area (Å²) in [6.45, 7) is 4.30. The molecule has 0 bridgehead atoms. The van der Waals surface area contributed by atoms with Crippen LogP contribution in [-0.4, -0.2) is 9.97 Å². The highest BCUT2D eigenvalue weighted by atomic mass is 79.9. The summed E-state index contributed by atoms with van der Waals surface area (Å²) >= 11 is 3.32. The molecule has 0 aliphatic rings. The maximum Gasteiger partial charge on any atom is 0.128 e. The second kappa shape index (κ2) is 5.78. The topological polar surface area (TPSA) is 25.8 Å². The Bertz CT molecular complexity index is 535. The third-order valence-electron chi connectivity index (χ3n) is 3.27. The number of benzene rings is 1. The average Bonchev–Trinajstić information content (AvgIpc) is 2.39. The lowest BCUT2D eigenvalue weighted by Crippen LogP contribution is -2.18. The molecule has 0 saturated carbocycles. The highest BCUT2D eigenvalue weighted by Gasteiger charge is 2.20. The largest absolute Gasteiger partial charge is 0.240 e. The molecule has 0 amide bonds. The zero-order chi connectivity index (χ0) is 13.9. The van der Waals surface area contributed by atoms with Gasteiger partial charge in [0.05, 0.1) is 4.47 Å². The van der Waals surface area contributed by atoms with E-state index in [-0.39, 0.29) is 11.2 Å². The monoisotopic (exact) mass is 322 g/mol. The first-order valence-corrected chi connectivity index (χ1v) is 6.99. The van der Waals surface area contributed by atoms with Crippen molar-refractivity contribution >= 4 is 15.9 Å². The minimum absolute atomic E-state index is 0.0237. The fraction of sp³-hybridized carbons (Fsp3) is 0.333. The Morgan fingerprint density at radius 1 is 1.11 bits per heavy atom. The first kappa shape index (κ1) is 14.1. The van der Waals surface area contributed by atoms with Crippen molar-refractivity contribution in [3.63, 3.8) is 0 Å². The normalized spacial score (nSPS) is 11.6. The van der Waals surface area contributed by atoms with E-state index in [2.05, 4.69) is 39.7 Å². The number of aryl methyl sites for hydroxylation is 1. The van der Waals surface area contributed by atoms with Crippen molar-refractivity contribution < 1.29 is 4.39 Å². The van der Waals surface area contributed by atoms with E-state index in [0.29, 0.717) is 0 Å². The van der Waals surface area contributed by atoms with Gasteiger partial charge in [-0.1, -0.05) is 26.0 Å². The van der Waals surface area contributed by atoms with E-state index in [9.17, 15) is 4.39 Å². The van der Waals surface area contributed by atoms with E-state index in [1.165, 1.54) is 12.1 Å². The first-order valence-electron chi connectivity index (χ1n) is 6.20. The molecular weight excluding hydrogens is 307 g/mol. The Morgan fingerprint density at radius 3 is 2.26 bits per heavy atom. The molecule has 1 aromatic heterocycles. The minimum Gasteiger partial charge on any atom is -0.240 e. The molecule has 1 aromatic carbocycles. The smallest absolute Gasteiger partial charge is 0.128 e. The number of halogens is 2. The van der Waals surface area contributed by atoms with Crippen molar-refractivity contribution in [1.29, 1.82) is 0 Å². The lowest BCUT2D eigenvalue weighted by molar-refractivity contribution is 0.472. The van der Waals surface area contributed by atoms with Crippen molar-refractivity contribution in [3.8, 4) is 0 Å². The van der Waals surface area contributed by atoms with Crippen molar-refractivity contribution in [1.82, 2.24) is 9.97 Å². The molecule has 0 fully saturated rings. The Hall–Kier alpha value is -1.29. The van der Waals surface area contributed by atoms with Crippen LogP contribution in [0.1, 0.15) is 31.7 Å². The summed E-state index contributed by atoms with van der Waals surface area (Å²) in [7, 11) is 0. The molecule has 19 heavy (non-hydrogen) atoms. The zero-order valence-corrected chi connectivity index (χ0v) is 12.6. The van der Waals surface area contributed by atoms with E-state index >= 15 is 0 Å². The molecule has 2 nitrogen and oxygen atoms in total. The number of rotatable bonds is 4. The third kappa shape index (κ3) is 3.83. The minimum atomic E-state index is -0.198. The van der Waals surface area contributed by atoms with Crippen LogP contribution in [0, 0.1) is 5.82 Å².